The lowest BCUT2D eigenvalue weighted by Crippen LogP contribution is -2.41. The Morgan fingerprint density at radius 1 is 1.17 bits per heavy atom. The van der Waals surface area contributed by atoms with Crippen molar-refractivity contribution in [3.8, 4) is 0 Å². The first-order valence-corrected chi connectivity index (χ1v) is 8.89. The maximum absolute atomic E-state index is 13.0. The molecular formula is C19H18N4O6. The Morgan fingerprint density at radius 2 is 1.90 bits per heavy atom. The molecule has 0 bridgehead atoms. The Labute approximate surface area is 164 Å². The van der Waals surface area contributed by atoms with Gasteiger partial charge in [-0.1, -0.05) is 12.1 Å². The standard InChI is InChI=1S/C19H18N4O6/c1-2-29-16(24)9-11-21-18(25)15-4-3-10-20-17(15)22(19(21)26)12-13-5-7-14(8-6-13)23(27)28/h3-8,10H,2,9,11-12H2,1H3. The fraction of sp³-hybridized carbons (Fsp3) is 0.263. The summed E-state index contributed by atoms with van der Waals surface area (Å²) in [5.41, 5.74) is -0.400. The number of rotatable bonds is 7. The van der Waals surface area contributed by atoms with Crippen molar-refractivity contribution < 1.29 is 14.5 Å². The number of hydrogen-bond acceptors (Lipinski definition) is 7. The fourth-order valence-electron chi connectivity index (χ4n) is 2.93. The molecule has 0 spiro atoms. The summed E-state index contributed by atoms with van der Waals surface area (Å²) >= 11 is 0. The second-order valence-corrected chi connectivity index (χ2v) is 6.18. The second-order valence-electron chi connectivity index (χ2n) is 6.18. The van der Waals surface area contributed by atoms with Crippen molar-refractivity contribution in [1.29, 1.82) is 0 Å². The van der Waals surface area contributed by atoms with Crippen LogP contribution in [-0.4, -0.2) is 31.6 Å². The molecule has 0 unspecified atom stereocenters. The highest BCUT2D eigenvalue weighted by Gasteiger charge is 2.16. The molecule has 150 valence electrons. The van der Waals surface area contributed by atoms with E-state index in [4.69, 9.17) is 4.74 Å². The van der Waals surface area contributed by atoms with Crippen molar-refractivity contribution in [1.82, 2.24) is 14.1 Å². The van der Waals surface area contributed by atoms with E-state index in [2.05, 4.69) is 4.98 Å². The van der Waals surface area contributed by atoms with Gasteiger partial charge in [-0.2, -0.15) is 0 Å². The van der Waals surface area contributed by atoms with Gasteiger partial charge in [0.15, 0.2) is 0 Å². The van der Waals surface area contributed by atoms with Crippen molar-refractivity contribution in [3.63, 3.8) is 0 Å². The molecule has 0 amide bonds. The molecule has 2 aromatic heterocycles. The maximum Gasteiger partial charge on any atom is 0.332 e. The number of hydrogen-bond donors (Lipinski definition) is 0. The Bertz CT molecular complexity index is 1180. The smallest absolute Gasteiger partial charge is 0.332 e. The van der Waals surface area contributed by atoms with Crippen LogP contribution in [0, 0.1) is 10.1 Å². The van der Waals surface area contributed by atoms with E-state index in [0.717, 1.165) is 4.57 Å². The molecule has 0 saturated heterocycles. The van der Waals surface area contributed by atoms with E-state index in [1.807, 2.05) is 0 Å². The molecule has 0 aliphatic rings. The van der Waals surface area contributed by atoms with E-state index in [9.17, 15) is 24.5 Å². The van der Waals surface area contributed by atoms with Gasteiger partial charge in [-0.3, -0.25) is 28.8 Å². The highest BCUT2D eigenvalue weighted by atomic mass is 16.6. The fourth-order valence-corrected chi connectivity index (χ4v) is 2.93. The van der Waals surface area contributed by atoms with Crippen molar-refractivity contribution >= 4 is 22.7 Å². The number of benzene rings is 1. The summed E-state index contributed by atoms with van der Waals surface area (Å²) < 4.78 is 7.14. The van der Waals surface area contributed by atoms with Gasteiger partial charge >= 0.3 is 11.7 Å². The summed E-state index contributed by atoms with van der Waals surface area (Å²) in [4.78, 5) is 51.8. The molecule has 29 heavy (non-hydrogen) atoms. The van der Waals surface area contributed by atoms with Crippen LogP contribution in [0.2, 0.25) is 0 Å². The highest BCUT2D eigenvalue weighted by molar-refractivity contribution is 5.73. The van der Waals surface area contributed by atoms with Gasteiger partial charge in [-0.15, -0.1) is 0 Å². The second kappa shape index (κ2) is 8.46. The van der Waals surface area contributed by atoms with Gasteiger partial charge in [0.05, 0.1) is 29.9 Å². The van der Waals surface area contributed by atoms with E-state index < -0.39 is 22.1 Å². The van der Waals surface area contributed by atoms with Crippen molar-refractivity contribution in [3.05, 3.63) is 79.1 Å². The Hall–Kier alpha value is -3.82. The molecule has 0 radical (unpaired) electrons. The first-order valence-electron chi connectivity index (χ1n) is 8.89. The first-order chi connectivity index (χ1) is 13.9. The highest BCUT2D eigenvalue weighted by Crippen LogP contribution is 2.14. The number of fused-ring (bicyclic) bond motifs is 1. The van der Waals surface area contributed by atoms with Crippen LogP contribution < -0.4 is 11.2 Å². The summed E-state index contributed by atoms with van der Waals surface area (Å²) in [5, 5.41) is 11.1. The molecule has 0 saturated carbocycles. The van der Waals surface area contributed by atoms with Crippen LogP contribution in [0.1, 0.15) is 18.9 Å². The van der Waals surface area contributed by atoms with Crippen LogP contribution >= 0.6 is 0 Å². The number of carbonyl (C=O) groups is 1. The molecule has 0 fully saturated rings. The molecular weight excluding hydrogens is 380 g/mol. The zero-order chi connectivity index (χ0) is 21.0. The molecule has 10 nitrogen and oxygen atoms in total. The summed E-state index contributed by atoms with van der Waals surface area (Å²) in [6.45, 7) is 1.81. The number of nitro benzene ring substituents is 1. The van der Waals surface area contributed by atoms with Gasteiger partial charge in [-0.25, -0.2) is 9.78 Å². The molecule has 0 atom stereocenters. The van der Waals surface area contributed by atoms with Crippen LogP contribution in [0.25, 0.3) is 11.0 Å². The molecule has 3 rings (SSSR count). The summed E-state index contributed by atoms with van der Waals surface area (Å²) in [7, 11) is 0. The van der Waals surface area contributed by atoms with Crippen LogP contribution in [0.4, 0.5) is 5.69 Å². The van der Waals surface area contributed by atoms with Gasteiger partial charge in [0.2, 0.25) is 0 Å². The van der Waals surface area contributed by atoms with E-state index in [0.29, 0.717) is 5.56 Å². The van der Waals surface area contributed by atoms with Crippen LogP contribution in [0.15, 0.2) is 52.2 Å². The van der Waals surface area contributed by atoms with E-state index >= 15 is 0 Å². The first kappa shape index (κ1) is 19.9. The monoisotopic (exact) mass is 398 g/mol. The third-order valence-corrected chi connectivity index (χ3v) is 4.31. The van der Waals surface area contributed by atoms with Crippen molar-refractivity contribution in [2.45, 2.75) is 26.4 Å². The van der Waals surface area contributed by atoms with E-state index in [1.54, 1.807) is 19.1 Å². The number of ether oxygens (including phenoxy) is 1. The van der Waals surface area contributed by atoms with E-state index in [1.165, 1.54) is 35.0 Å². The quantitative estimate of drug-likeness (QED) is 0.335. The molecule has 10 heteroatoms. The zero-order valence-corrected chi connectivity index (χ0v) is 15.6. The number of carbonyl (C=O) groups excluding carboxylic acids is 1. The topological polar surface area (TPSA) is 126 Å². The van der Waals surface area contributed by atoms with Gasteiger partial charge in [0.1, 0.15) is 5.65 Å². The zero-order valence-electron chi connectivity index (χ0n) is 15.6. The number of nitro groups is 1. The van der Waals surface area contributed by atoms with Gasteiger partial charge in [0.25, 0.3) is 11.2 Å². The molecule has 2 heterocycles. The average molecular weight is 398 g/mol. The predicted molar refractivity (Wildman–Crippen MR) is 104 cm³/mol. The Kier molecular flexibility index (Phi) is 5.82. The molecule has 1 aromatic carbocycles. The van der Waals surface area contributed by atoms with Crippen LogP contribution in [-0.2, 0) is 22.6 Å². The third-order valence-electron chi connectivity index (χ3n) is 4.31. The Morgan fingerprint density at radius 3 is 2.55 bits per heavy atom. The van der Waals surface area contributed by atoms with Crippen molar-refractivity contribution in [2.24, 2.45) is 0 Å². The number of aromatic nitrogens is 3. The average Bonchev–Trinajstić information content (AvgIpc) is 2.71. The SMILES string of the molecule is CCOC(=O)CCn1c(=O)c2cccnc2n(Cc2ccc([N+](=O)[O-])cc2)c1=O. The lowest BCUT2D eigenvalue weighted by Gasteiger charge is -2.13. The van der Waals surface area contributed by atoms with Gasteiger partial charge in [-0.05, 0) is 24.6 Å². The minimum Gasteiger partial charge on any atom is -0.466 e. The lowest BCUT2D eigenvalue weighted by molar-refractivity contribution is -0.384. The lowest BCUT2D eigenvalue weighted by atomic mass is 10.2. The molecule has 3 aromatic rings. The van der Waals surface area contributed by atoms with E-state index in [-0.39, 0.29) is 42.8 Å². The summed E-state index contributed by atoms with van der Waals surface area (Å²) in [6, 6.07) is 8.89. The van der Waals surface area contributed by atoms with Crippen LogP contribution in [0.3, 0.4) is 0 Å². The molecule has 0 aliphatic heterocycles. The molecule has 0 N–H and O–H groups in total. The minimum atomic E-state index is -0.621. The van der Waals surface area contributed by atoms with Gasteiger partial charge in [0, 0.05) is 24.9 Å². The maximum atomic E-state index is 13.0. The summed E-state index contributed by atoms with van der Waals surface area (Å²) in [6.07, 6.45) is 1.35. The third kappa shape index (κ3) is 4.21. The number of pyridine rings is 1. The normalized spacial score (nSPS) is 10.8. The van der Waals surface area contributed by atoms with Gasteiger partial charge < -0.3 is 4.74 Å². The largest absolute Gasteiger partial charge is 0.466 e. The number of nitrogens with zero attached hydrogens (tertiary/aromatic N) is 4. The summed E-state index contributed by atoms with van der Waals surface area (Å²) in [5.74, 6) is -0.507. The predicted octanol–water partition coefficient (Wildman–Crippen LogP) is 1.47. The van der Waals surface area contributed by atoms with Crippen molar-refractivity contribution in [2.75, 3.05) is 6.61 Å². The van der Waals surface area contributed by atoms with Crippen LogP contribution in [0.5, 0.6) is 0 Å². The minimum absolute atomic E-state index is 0.0596. The number of esters is 1. The Balaban J connectivity index is 2.05. The molecule has 0 aliphatic carbocycles. The number of non-ortho nitro benzene ring substituents is 1.